The van der Waals surface area contributed by atoms with Gasteiger partial charge in [-0.05, 0) is 35.4 Å². The Balaban J connectivity index is 1.59. The molecule has 0 aromatic heterocycles. The summed E-state index contributed by atoms with van der Waals surface area (Å²) >= 11 is 0. The summed E-state index contributed by atoms with van der Waals surface area (Å²) in [6.45, 7) is 0. The minimum absolute atomic E-state index is 0.355. The fourth-order valence-corrected chi connectivity index (χ4v) is 2.42. The molecule has 0 fully saturated rings. The van der Waals surface area contributed by atoms with Crippen LogP contribution in [0.3, 0.4) is 0 Å². The zero-order chi connectivity index (χ0) is 19.8. The summed E-state index contributed by atoms with van der Waals surface area (Å²) in [6.07, 6.45) is 0.0895. The maximum absolute atomic E-state index is 12.1. The molecule has 1 amide bonds. The van der Waals surface area contributed by atoms with Crippen molar-refractivity contribution in [2.24, 2.45) is 5.10 Å². The van der Waals surface area contributed by atoms with E-state index < -0.39 is 18.0 Å². The van der Waals surface area contributed by atoms with Crippen LogP contribution in [0.4, 0.5) is 0 Å². The van der Waals surface area contributed by atoms with Gasteiger partial charge in [0.15, 0.2) is 6.10 Å². The van der Waals surface area contributed by atoms with Gasteiger partial charge in [0.2, 0.25) is 0 Å². The predicted molar refractivity (Wildman–Crippen MR) is 105 cm³/mol. The summed E-state index contributed by atoms with van der Waals surface area (Å²) in [4.78, 5) is 24.1. The van der Waals surface area contributed by atoms with Gasteiger partial charge in [-0.3, -0.25) is 4.79 Å². The number of aliphatic hydroxyl groups excluding tert-OH is 1. The molecule has 0 aliphatic heterocycles. The highest BCUT2D eigenvalue weighted by molar-refractivity contribution is 5.91. The number of aliphatic hydroxyl groups is 1. The Kier molecular flexibility index (Phi) is 6.28. The molecule has 0 saturated heterocycles. The molecule has 0 heterocycles. The van der Waals surface area contributed by atoms with E-state index in [1.54, 1.807) is 78.9 Å². The third-order valence-corrected chi connectivity index (χ3v) is 3.83. The van der Waals surface area contributed by atoms with Crippen LogP contribution in [0, 0.1) is 0 Å². The van der Waals surface area contributed by atoms with E-state index in [4.69, 9.17) is 4.74 Å². The fraction of sp³-hybridized carbons (Fsp3) is 0.0455. The van der Waals surface area contributed by atoms with Gasteiger partial charge in [-0.25, -0.2) is 10.2 Å². The van der Waals surface area contributed by atoms with Gasteiger partial charge in [0.05, 0.1) is 11.8 Å². The van der Waals surface area contributed by atoms with Crippen LogP contribution in [0.2, 0.25) is 0 Å². The highest BCUT2D eigenvalue weighted by Crippen LogP contribution is 2.15. The SMILES string of the molecule is O=C(Oc1cccc(/C=N/NC(=O)C(O)c2ccccc2)c1)c1ccccc1. The summed E-state index contributed by atoms with van der Waals surface area (Å²) in [5, 5.41) is 13.8. The lowest BCUT2D eigenvalue weighted by atomic mass is 10.1. The zero-order valence-corrected chi connectivity index (χ0v) is 14.9. The summed E-state index contributed by atoms with van der Waals surface area (Å²) < 4.78 is 5.34. The van der Waals surface area contributed by atoms with E-state index in [0.717, 1.165) is 0 Å². The van der Waals surface area contributed by atoms with Crippen molar-refractivity contribution in [3.05, 3.63) is 102 Å². The smallest absolute Gasteiger partial charge is 0.343 e. The van der Waals surface area contributed by atoms with Crippen LogP contribution in [0.25, 0.3) is 0 Å². The molecular weight excluding hydrogens is 356 g/mol. The standard InChI is InChI=1S/C22H18N2O4/c25-20(17-9-3-1-4-10-17)21(26)24-23-15-16-8-7-13-19(14-16)28-22(27)18-11-5-2-6-12-18/h1-15,20,25H,(H,24,26)/b23-15+. The molecule has 1 unspecified atom stereocenters. The molecule has 0 saturated carbocycles. The van der Waals surface area contributed by atoms with Gasteiger partial charge in [-0.2, -0.15) is 5.10 Å². The molecule has 0 bridgehead atoms. The van der Waals surface area contributed by atoms with Gasteiger partial charge in [0.1, 0.15) is 5.75 Å². The number of rotatable bonds is 6. The summed E-state index contributed by atoms with van der Waals surface area (Å²) in [7, 11) is 0. The fourth-order valence-electron chi connectivity index (χ4n) is 2.42. The van der Waals surface area contributed by atoms with E-state index in [9.17, 15) is 14.7 Å². The number of amides is 1. The average Bonchev–Trinajstić information content (AvgIpc) is 2.74. The Morgan fingerprint density at radius 1 is 0.929 bits per heavy atom. The van der Waals surface area contributed by atoms with Gasteiger partial charge >= 0.3 is 5.97 Å². The summed E-state index contributed by atoms with van der Waals surface area (Å²) in [6, 6.07) is 23.9. The lowest BCUT2D eigenvalue weighted by Crippen LogP contribution is -2.25. The molecule has 0 aliphatic carbocycles. The number of benzene rings is 3. The van der Waals surface area contributed by atoms with Crippen molar-refractivity contribution in [3.63, 3.8) is 0 Å². The third-order valence-electron chi connectivity index (χ3n) is 3.83. The molecule has 3 aromatic rings. The van der Waals surface area contributed by atoms with Gasteiger partial charge in [0, 0.05) is 0 Å². The Hall–Kier alpha value is -3.77. The van der Waals surface area contributed by atoms with Crippen molar-refractivity contribution in [2.45, 2.75) is 6.10 Å². The number of carbonyl (C=O) groups is 2. The summed E-state index contributed by atoms with van der Waals surface area (Å²) in [5.41, 5.74) is 3.83. The number of hydrazone groups is 1. The number of ether oxygens (including phenoxy) is 1. The van der Waals surface area contributed by atoms with E-state index >= 15 is 0 Å². The number of hydrogen-bond acceptors (Lipinski definition) is 5. The van der Waals surface area contributed by atoms with Crippen LogP contribution in [-0.2, 0) is 4.79 Å². The molecule has 0 radical (unpaired) electrons. The van der Waals surface area contributed by atoms with E-state index in [-0.39, 0.29) is 0 Å². The van der Waals surface area contributed by atoms with Crippen LogP contribution < -0.4 is 10.2 Å². The molecule has 6 nitrogen and oxygen atoms in total. The van der Waals surface area contributed by atoms with Crippen molar-refractivity contribution < 1.29 is 19.4 Å². The monoisotopic (exact) mass is 374 g/mol. The van der Waals surface area contributed by atoms with Crippen LogP contribution in [0.15, 0.2) is 90.0 Å². The second kappa shape index (κ2) is 9.25. The molecule has 0 spiro atoms. The van der Waals surface area contributed by atoms with Crippen LogP contribution in [0.1, 0.15) is 27.6 Å². The molecule has 140 valence electrons. The molecule has 3 aromatic carbocycles. The normalized spacial score (nSPS) is 11.8. The van der Waals surface area contributed by atoms with Crippen LogP contribution in [0.5, 0.6) is 5.75 Å². The molecule has 1 atom stereocenters. The Labute approximate surface area is 162 Å². The second-order valence-corrected chi connectivity index (χ2v) is 5.88. The van der Waals surface area contributed by atoms with Gasteiger partial charge in [0.25, 0.3) is 5.91 Å². The maximum Gasteiger partial charge on any atom is 0.343 e. The van der Waals surface area contributed by atoms with Gasteiger partial charge in [-0.15, -0.1) is 0 Å². The second-order valence-electron chi connectivity index (χ2n) is 5.88. The molecule has 28 heavy (non-hydrogen) atoms. The van der Waals surface area contributed by atoms with Gasteiger partial charge in [-0.1, -0.05) is 60.7 Å². The third kappa shape index (κ3) is 5.12. The van der Waals surface area contributed by atoms with Crippen molar-refractivity contribution in [2.75, 3.05) is 0 Å². The van der Waals surface area contributed by atoms with E-state index in [2.05, 4.69) is 10.5 Å². The van der Waals surface area contributed by atoms with E-state index in [0.29, 0.717) is 22.4 Å². The lowest BCUT2D eigenvalue weighted by Gasteiger charge is -2.08. The molecule has 6 heteroatoms. The summed E-state index contributed by atoms with van der Waals surface area (Å²) in [5.74, 6) is -0.753. The predicted octanol–water partition coefficient (Wildman–Crippen LogP) is 3.09. The minimum Gasteiger partial charge on any atom is -0.423 e. The highest BCUT2D eigenvalue weighted by Gasteiger charge is 2.16. The quantitative estimate of drug-likeness (QED) is 0.300. The Morgan fingerprint density at radius 3 is 2.32 bits per heavy atom. The molecule has 3 rings (SSSR count). The van der Waals surface area contributed by atoms with Crippen molar-refractivity contribution >= 4 is 18.1 Å². The average molecular weight is 374 g/mol. The zero-order valence-electron chi connectivity index (χ0n) is 14.9. The van der Waals surface area contributed by atoms with Gasteiger partial charge < -0.3 is 9.84 Å². The van der Waals surface area contributed by atoms with Crippen LogP contribution in [-0.4, -0.2) is 23.2 Å². The van der Waals surface area contributed by atoms with Crippen molar-refractivity contribution in [3.8, 4) is 5.75 Å². The molecular formula is C22H18N2O4. The first-order valence-corrected chi connectivity index (χ1v) is 8.57. The van der Waals surface area contributed by atoms with Crippen molar-refractivity contribution in [1.29, 1.82) is 0 Å². The first kappa shape index (κ1) is 19.0. The lowest BCUT2D eigenvalue weighted by molar-refractivity contribution is -0.129. The number of esters is 1. The Bertz CT molecular complexity index is 972. The minimum atomic E-state index is -1.31. The van der Waals surface area contributed by atoms with Crippen molar-refractivity contribution in [1.82, 2.24) is 5.43 Å². The first-order valence-electron chi connectivity index (χ1n) is 8.57. The maximum atomic E-state index is 12.1. The largest absolute Gasteiger partial charge is 0.423 e. The van der Waals surface area contributed by atoms with E-state index in [1.807, 2.05) is 6.07 Å². The van der Waals surface area contributed by atoms with Crippen LogP contribution >= 0.6 is 0 Å². The highest BCUT2D eigenvalue weighted by atomic mass is 16.5. The van der Waals surface area contributed by atoms with E-state index in [1.165, 1.54) is 6.21 Å². The molecule has 0 aliphatic rings. The number of hydrogen-bond donors (Lipinski definition) is 2. The number of nitrogens with zero attached hydrogens (tertiary/aromatic N) is 1. The first-order chi connectivity index (χ1) is 13.6. The molecule has 2 N–H and O–H groups in total. The topological polar surface area (TPSA) is 88.0 Å². The Morgan fingerprint density at radius 2 is 1.61 bits per heavy atom. The number of carbonyl (C=O) groups excluding carboxylic acids is 2. The number of nitrogens with one attached hydrogen (secondary N) is 1.